The molecule has 1 heterocycles. The number of urea groups is 1. The van der Waals surface area contributed by atoms with Crippen LogP contribution in [0.15, 0.2) is 24.3 Å². The molecule has 2 rings (SSSR count). The Labute approximate surface area is 138 Å². The zero-order valence-electron chi connectivity index (χ0n) is 14.1. The monoisotopic (exact) mass is 321 g/mol. The van der Waals surface area contributed by atoms with Gasteiger partial charge >= 0.3 is 6.03 Å². The number of ether oxygens (including phenoxy) is 2. The highest BCUT2D eigenvalue weighted by atomic mass is 16.5. The Morgan fingerprint density at radius 3 is 2.61 bits per heavy atom. The van der Waals surface area contributed by atoms with Gasteiger partial charge in [0.25, 0.3) is 0 Å². The highest BCUT2D eigenvalue weighted by Gasteiger charge is 2.20. The molecule has 1 aliphatic rings. The summed E-state index contributed by atoms with van der Waals surface area (Å²) < 4.78 is 10.4. The summed E-state index contributed by atoms with van der Waals surface area (Å²) in [6.45, 7) is 5.63. The Morgan fingerprint density at radius 2 is 1.91 bits per heavy atom. The average Bonchev–Trinajstić information content (AvgIpc) is 2.60. The topological polar surface area (TPSA) is 54.0 Å². The number of carbonyl (C=O) groups is 1. The maximum absolute atomic E-state index is 12.2. The molecule has 1 saturated heterocycles. The molecular formula is C17H27N3O3. The summed E-state index contributed by atoms with van der Waals surface area (Å²) in [4.78, 5) is 16.4. The first-order chi connectivity index (χ1) is 11.2. The standard InChI is InChI=1S/C17H27N3O3/c1-22-14-13-19-9-11-20(12-10-19)17(21)18-8-7-15-5-3-4-6-16(15)23-2/h3-6H,7-14H2,1-2H3,(H,18,21). The molecule has 6 nitrogen and oxygen atoms in total. The van der Waals surface area contributed by atoms with Crippen molar-refractivity contribution in [2.24, 2.45) is 0 Å². The summed E-state index contributed by atoms with van der Waals surface area (Å²) in [6.07, 6.45) is 0.767. The highest BCUT2D eigenvalue weighted by molar-refractivity contribution is 5.74. The molecule has 0 radical (unpaired) electrons. The zero-order chi connectivity index (χ0) is 16.5. The van der Waals surface area contributed by atoms with Crippen molar-refractivity contribution < 1.29 is 14.3 Å². The quantitative estimate of drug-likeness (QED) is 0.820. The SMILES string of the molecule is COCCN1CCN(C(=O)NCCc2ccccc2OC)CC1. The molecule has 0 aromatic heterocycles. The number of piperazine rings is 1. The molecule has 0 atom stereocenters. The van der Waals surface area contributed by atoms with E-state index < -0.39 is 0 Å². The van der Waals surface area contributed by atoms with E-state index in [1.807, 2.05) is 29.2 Å². The maximum atomic E-state index is 12.2. The van der Waals surface area contributed by atoms with Crippen LogP contribution in [0.3, 0.4) is 0 Å². The first-order valence-corrected chi connectivity index (χ1v) is 8.10. The van der Waals surface area contributed by atoms with Crippen LogP contribution in [0, 0.1) is 0 Å². The number of nitrogens with one attached hydrogen (secondary N) is 1. The number of carbonyl (C=O) groups excluding carboxylic acids is 1. The van der Waals surface area contributed by atoms with E-state index in [9.17, 15) is 4.79 Å². The van der Waals surface area contributed by atoms with Gasteiger partial charge < -0.3 is 19.7 Å². The van der Waals surface area contributed by atoms with Crippen molar-refractivity contribution in [1.82, 2.24) is 15.1 Å². The Hall–Kier alpha value is -1.79. The Balaban J connectivity index is 1.69. The van der Waals surface area contributed by atoms with Gasteiger partial charge in [-0.3, -0.25) is 4.90 Å². The second kappa shape index (κ2) is 9.37. The lowest BCUT2D eigenvalue weighted by atomic mass is 10.1. The van der Waals surface area contributed by atoms with E-state index in [1.165, 1.54) is 0 Å². The van der Waals surface area contributed by atoms with E-state index in [0.717, 1.165) is 57.1 Å². The van der Waals surface area contributed by atoms with Crippen LogP contribution in [-0.4, -0.2) is 75.9 Å². The van der Waals surface area contributed by atoms with Crippen LogP contribution in [0.2, 0.25) is 0 Å². The summed E-state index contributed by atoms with van der Waals surface area (Å²) in [5.74, 6) is 0.869. The van der Waals surface area contributed by atoms with Crippen molar-refractivity contribution in [3.63, 3.8) is 0 Å². The van der Waals surface area contributed by atoms with Gasteiger partial charge in [0, 0.05) is 46.4 Å². The minimum absolute atomic E-state index is 0.0197. The van der Waals surface area contributed by atoms with Crippen LogP contribution in [0.4, 0.5) is 4.79 Å². The minimum Gasteiger partial charge on any atom is -0.496 e. The van der Waals surface area contributed by atoms with Gasteiger partial charge in [-0.15, -0.1) is 0 Å². The van der Waals surface area contributed by atoms with Crippen LogP contribution >= 0.6 is 0 Å². The molecule has 0 aliphatic carbocycles. The van der Waals surface area contributed by atoms with Crippen molar-refractivity contribution in [2.45, 2.75) is 6.42 Å². The van der Waals surface area contributed by atoms with Crippen LogP contribution < -0.4 is 10.1 Å². The fourth-order valence-electron chi connectivity index (χ4n) is 2.72. The largest absolute Gasteiger partial charge is 0.496 e. The number of hydrogen-bond donors (Lipinski definition) is 1. The Bertz CT molecular complexity index is 488. The molecule has 2 amide bonds. The molecule has 0 saturated carbocycles. The van der Waals surface area contributed by atoms with Gasteiger partial charge in [0.2, 0.25) is 0 Å². The molecule has 1 aromatic rings. The first-order valence-electron chi connectivity index (χ1n) is 8.10. The van der Waals surface area contributed by atoms with Gasteiger partial charge in [0.05, 0.1) is 13.7 Å². The summed E-state index contributed by atoms with van der Waals surface area (Å²) in [5.41, 5.74) is 1.11. The maximum Gasteiger partial charge on any atom is 0.317 e. The fourth-order valence-corrected chi connectivity index (χ4v) is 2.72. The zero-order valence-corrected chi connectivity index (χ0v) is 14.1. The third-order valence-electron chi connectivity index (χ3n) is 4.13. The minimum atomic E-state index is 0.0197. The van der Waals surface area contributed by atoms with Crippen LogP contribution in [0.25, 0.3) is 0 Å². The molecule has 6 heteroatoms. The second-order valence-electron chi connectivity index (χ2n) is 5.62. The summed E-state index contributed by atoms with van der Waals surface area (Å²) in [7, 11) is 3.38. The predicted octanol–water partition coefficient (Wildman–Crippen LogP) is 1.21. The molecule has 23 heavy (non-hydrogen) atoms. The summed E-state index contributed by atoms with van der Waals surface area (Å²) in [5, 5.41) is 3.00. The van der Waals surface area contributed by atoms with Gasteiger partial charge in [-0.1, -0.05) is 18.2 Å². The molecule has 128 valence electrons. The molecule has 0 unspecified atom stereocenters. The smallest absolute Gasteiger partial charge is 0.317 e. The summed E-state index contributed by atoms with van der Waals surface area (Å²) in [6, 6.07) is 7.92. The lowest BCUT2D eigenvalue weighted by Gasteiger charge is -2.34. The number of benzene rings is 1. The molecule has 1 aliphatic heterocycles. The average molecular weight is 321 g/mol. The van der Waals surface area contributed by atoms with Gasteiger partial charge in [0.15, 0.2) is 0 Å². The number of rotatable bonds is 7. The molecule has 0 spiro atoms. The molecular weight excluding hydrogens is 294 g/mol. The van der Waals surface area contributed by atoms with Crippen LogP contribution in [0.5, 0.6) is 5.75 Å². The van der Waals surface area contributed by atoms with Gasteiger partial charge in [-0.2, -0.15) is 0 Å². The van der Waals surface area contributed by atoms with Crippen LogP contribution in [0.1, 0.15) is 5.56 Å². The lowest BCUT2D eigenvalue weighted by Crippen LogP contribution is -2.52. The number of nitrogens with zero attached hydrogens (tertiary/aromatic N) is 2. The third kappa shape index (κ3) is 5.41. The number of hydrogen-bond acceptors (Lipinski definition) is 4. The third-order valence-corrected chi connectivity index (χ3v) is 4.13. The van der Waals surface area contributed by atoms with Crippen molar-refractivity contribution in [1.29, 1.82) is 0 Å². The van der Waals surface area contributed by atoms with Crippen molar-refractivity contribution in [3.8, 4) is 5.75 Å². The van der Waals surface area contributed by atoms with Crippen LogP contribution in [-0.2, 0) is 11.2 Å². The fraction of sp³-hybridized carbons (Fsp3) is 0.588. The van der Waals surface area contributed by atoms with Gasteiger partial charge in [0.1, 0.15) is 5.75 Å². The lowest BCUT2D eigenvalue weighted by molar-refractivity contribution is 0.106. The van der Waals surface area contributed by atoms with E-state index in [4.69, 9.17) is 9.47 Å². The van der Waals surface area contributed by atoms with E-state index in [-0.39, 0.29) is 6.03 Å². The highest BCUT2D eigenvalue weighted by Crippen LogP contribution is 2.17. The number of para-hydroxylation sites is 1. The first kappa shape index (κ1) is 17.6. The molecule has 0 bridgehead atoms. The van der Waals surface area contributed by atoms with E-state index in [2.05, 4.69) is 10.2 Å². The van der Waals surface area contributed by atoms with E-state index in [1.54, 1.807) is 14.2 Å². The Morgan fingerprint density at radius 1 is 1.17 bits per heavy atom. The van der Waals surface area contributed by atoms with Crippen molar-refractivity contribution in [2.75, 3.05) is 60.1 Å². The molecule has 1 aromatic carbocycles. The number of methoxy groups -OCH3 is 2. The molecule has 1 fully saturated rings. The second-order valence-corrected chi connectivity index (χ2v) is 5.62. The number of amides is 2. The van der Waals surface area contributed by atoms with Crippen molar-refractivity contribution >= 4 is 6.03 Å². The van der Waals surface area contributed by atoms with E-state index in [0.29, 0.717) is 6.54 Å². The normalized spacial score (nSPS) is 15.5. The van der Waals surface area contributed by atoms with Gasteiger partial charge in [-0.05, 0) is 18.1 Å². The molecule has 1 N–H and O–H groups in total. The van der Waals surface area contributed by atoms with Crippen molar-refractivity contribution in [3.05, 3.63) is 29.8 Å². The van der Waals surface area contributed by atoms with E-state index >= 15 is 0 Å². The van der Waals surface area contributed by atoms with Gasteiger partial charge in [-0.25, -0.2) is 4.79 Å². The Kier molecular flexibility index (Phi) is 7.16. The predicted molar refractivity (Wildman–Crippen MR) is 90.0 cm³/mol. The summed E-state index contributed by atoms with van der Waals surface area (Å²) >= 11 is 0.